The Kier molecular flexibility index (Phi) is 7.60. The van der Waals surface area contributed by atoms with Crippen LogP contribution in [0, 0.1) is 11.7 Å². The summed E-state index contributed by atoms with van der Waals surface area (Å²) in [7, 11) is 0. The molecule has 1 atom stereocenters. The van der Waals surface area contributed by atoms with Gasteiger partial charge in [0.2, 0.25) is 0 Å². The third-order valence-electron chi connectivity index (χ3n) is 4.80. The maximum absolute atomic E-state index is 14.8. The SMILES string of the molecule is CC(C)CC(COc1ccc(-c2ccncc2C(N)=O)c(F)c1)N(C(=O)O)C(C)(C)C. The molecule has 7 nitrogen and oxygen atoms in total. The van der Waals surface area contributed by atoms with Crippen LogP contribution in [-0.4, -0.2) is 45.2 Å². The van der Waals surface area contributed by atoms with Crippen molar-refractivity contribution in [2.75, 3.05) is 6.61 Å². The maximum atomic E-state index is 14.8. The van der Waals surface area contributed by atoms with Crippen molar-refractivity contribution in [2.24, 2.45) is 11.7 Å². The van der Waals surface area contributed by atoms with Crippen molar-refractivity contribution in [3.05, 3.63) is 48.0 Å². The number of benzene rings is 1. The topological polar surface area (TPSA) is 106 Å². The highest BCUT2D eigenvalue weighted by Gasteiger charge is 2.34. The Bertz CT molecular complexity index is 941. The number of primary amides is 1. The van der Waals surface area contributed by atoms with Gasteiger partial charge in [0, 0.05) is 35.1 Å². The summed E-state index contributed by atoms with van der Waals surface area (Å²) in [4.78, 5) is 28.8. The summed E-state index contributed by atoms with van der Waals surface area (Å²) in [6.07, 6.45) is 2.32. The highest BCUT2D eigenvalue weighted by Crippen LogP contribution is 2.29. The van der Waals surface area contributed by atoms with Crippen molar-refractivity contribution in [1.29, 1.82) is 0 Å². The summed E-state index contributed by atoms with van der Waals surface area (Å²) in [5.74, 6) is -0.771. The lowest BCUT2D eigenvalue weighted by molar-refractivity contribution is 0.0433. The van der Waals surface area contributed by atoms with Crippen LogP contribution in [0.15, 0.2) is 36.7 Å². The highest BCUT2D eigenvalue weighted by molar-refractivity contribution is 5.99. The molecular formula is C23H30FN3O4. The van der Waals surface area contributed by atoms with Gasteiger partial charge in [0.05, 0.1) is 11.6 Å². The van der Waals surface area contributed by atoms with Crippen molar-refractivity contribution in [2.45, 2.75) is 52.6 Å². The Morgan fingerprint density at radius 2 is 1.90 bits per heavy atom. The fraction of sp³-hybridized carbons (Fsp3) is 0.435. The number of nitrogens with two attached hydrogens (primary N) is 1. The smallest absolute Gasteiger partial charge is 0.408 e. The van der Waals surface area contributed by atoms with Crippen LogP contribution in [0.2, 0.25) is 0 Å². The number of amides is 2. The summed E-state index contributed by atoms with van der Waals surface area (Å²) in [5.41, 5.74) is 5.41. The molecule has 168 valence electrons. The Labute approximate surface area is 182 Å². The second kappa shape index (κ2) is 9.76. The summed E-state index contributed by atoms with van der Waals surface area (Å²) < 4.78 is 20.6. The number of carboxylic acid groups (broad SMARTS) is 1. The number of carbonyl (C=O) groups is 2. The van der Waals surface area contributed by atoms with Gasteiger partial charge < -0.3 is 15.6 Å². The molecule has 2 amide bonds. The van der Waals surface area contributed by atoms with Crippen LogP contribution in [-0.2, 0) is 0 Å². The molecule has 0 bridgehead atoms. The van der Waals surface area contributed by atoms with Crippen LogP contribution in [0.1, 0.15) is 51.4 Å². The van der Waals surface area contributed by atoms with Crippen LogP contribution >= 0.6 is 0 Å². The molecule has 1 aromatic heterocycles. The fourth-order valence-corrected chi connectivity index (χ4v) is 3.61. The third kappa shape index (κ3) is 6.16. The Morgan fingerprint density at radius 1 is 1.23 bits per heavy atom. The zero-order chi connectivity index (χ0) is 23.3. The second-order valence-corrected chi connectivity index (χ2v) is 8.84. The van der Waals surface area contributed by atoms with Gasteiger partial charge in [-0.25, -0.2) is 9.18 Å². The van der Waals surface area contributed by atoms with E-state index in [-0.39, 0.29) is 29.4 Å². The minimum Gasteiger partial charge on any atom is -0.491 e. The van der Waals surface area contributed by atoms with Gasteiger partial charge in [0.25, 0.3) is 5.91 Å². The first-order valence-electron chi connectivity index (χ1n) is 10.1. The number of pyridine rings is 1. The van der Waals surface area contributed by atoms with Crippen molar-refractivity contribution in [3.8, 4) is 16.9 Å². The van der Waals surface area contributed by atoms with Gasteiger partial charge in [-0.1, -0.05) is 13.8 Å². The number of ether oxygens (including phenoxy) is 1. The van der Waals surface area contributed by atoms with Gasteiger partial charge in [0.1, 0.15) is 18.2 Å². The first kappa shape index (κ1) is 24.1. The van der Waals surface area contributed by atoms with E-state index < -0.39 is 29.4 Å². The molecule has 1 unspecified atom stereocenters. The van der Waals surface area contributed by atoms with E-state index in [4.69, 9.17) is 10.5 Å². The molecule has 0 aliphatic rings. The molecule has 0 radical (unpaired) electrons. The summed E-state index contributed by atoms with van der Waals surface area (Å²) in [6, 6.07) is 5.42. The minimum absolute atomic E-state index is 0.0856. The highest BCUT2D eigenvalue weighted by atomic mass is 19.1. The zero-order valence-corrected chi connectivity index (χ0v) is 18.6. The summed E-state index contributed by atoms with van der Waals surface area (Å²) in [5, 5.41) is 9.73. The van der Waals surface area contributed by atoms with Gasteiger partial charge >= 0.3 is 6.09 Å². The lowest BCUT2D eigenvalue weighted by atomic mass is 9.97. The molecule has 0 spiro atoms. The molecule has 31 heavy (non-hydrogen) atoms. The molecule has 8 heteroatoms. The molecule has 2 rings (SSSR count). The molecule has 0 aliphatic heterocycles. The molecule has 0 saturated heterocycles. The van der Waals surface area contributed by atoms with E-state index in [9.17, 15) is 19.1 Å². The number of hydrogen-bond donors (Lipinski definition) is 2. The fourth-order valence-electron chi connectivity index (χ4n) is 3.61. The van der Waals surface area contributed by atoms with E-state index in [1.54, 1.807) is 6.07 Å². The quantitative estimate of drug-likeness (QED) is 0.637. The lowest BCUT2D eigenvalue weighted by Crippen LogP contribution is -2.53. The molecular weight excluding hydrogens is 401 g/mol. The van der Waals surface area contributed by atoms with Gasteiger partial charge in [-0.05, 0) is 51.3 Å². The van der Waals surface area contributed by atoms with E-state index in [2.05, 4.69) is 4.98 Å². The average molecular weight is 432 g/mol. The van der Waals surface area contributed by atoms with Crippen LogP contribution in [0.4, 0.5) is 9.18 Å². The van der Waals surface area contributed by atoms with Crippen molar-refractivity contribution >= 4 is 12.0 Å². The maximum Gasteiger partial charge on any atom is 0.408 e. The lowest BCUT2D eigenvalue weighted by Gasteiger charge is -2.40. The molecule has 2 aromatic rings. The third-order valence-corrected chi connectivity index (χ3v) is 4.80. The average Bonchev–Trinajstić information content (AvgIpc) is 2.64. The molecule has 1 aromatic carbocycles. The van der Waals surface area contributed by atoms with Crippen molar-refractivity contribution < 1.29 is 23.8 Å². The van der Waals surface area contributed by atoms with Crippen LogP contribution in [0.5, 0.6) is 5.75 Å². The first-order valence-corrected chi connectivity index (χ1v) is 10.1. The second-order valence-electron chi connectivity index (χ2n) is 8.84. The molecule has 1 heterocycles. The minimum atomic E-state index is -1.03. The Hall–Kier alpha value is -3.16. The zero-order valence-electron chi connectivity index (χ0n) is 18.6. The molecule has 3 N–H and O–H groups in total. The predicted molar refractivity (Wildman–Crippen MR) is 117 cm³/mol. The number of nitrogens with zero attached hydrogens (tertiary/aromatic N) is 2. The van der Waals surface area contributed by atoms with Crippen molar-refractivity contribution in [3.63, 3.8) is 0 Å². The number of aromatic nitrogens is 1. The van der Waals surface area contributed by atoms with Crippen LogP contribution < -0.4 is 10.5 Å². The first-order chi connectivity index (χ1) is 14.4. The van der Waals surface area contributed by atoms with E-state index in [1.807, 2.05) is 34.6 Å². The summed E-state index contributed by atoms with van der Waals surface area (Å²) in [6.45, 7) is 9.59. The molecule has 0 fully saturated rings. The Balaban J connectivity index is 2.27. The molecule has 0 saturated carbocycles. The number of carbonyl (C=O) groups excluding carboxylic acids is 1. The van der Waals surface area contributed by atoms with E-state index in [0.29, 0.717) is 12.0 Å². The molecule has 0 aliphatic carbocycles. The van der Waals surface area contributed by atoms with Crippen molar-refractivity contribution in [1.82, 2.24) is 9.88 Å². The van der Waals surface area contributed by atoms with E-state index >= 15 is 0 Å². The van der Waals surface area contributed by atoms with Gasteiger partial charge in [-0.2, -0.15) is 0 Å². The van der Waals surface area contributed by atoms with Crippen LogP contribution in [0.25, 0.3) is 11.1 Å². The summed E-state index contributed by atoms with van der Waals surface area (Å²) >= 11 is 0. The number of halogens is 1. The largest absolute Gasteiger partial charge is 0.491 e. The van der Waals surface area contributed by atoms with Crippen LogP contribution in [0.3, 0.4) is 0 Å². The number of hydrogen-bond acceptors (Lipinski definition) is 4. The predicted octanol–water partition coefficient (Wildman–Crippen LogP) is 4.56. The normalized spacial score (nSPS) is 12.5. The van der Waals surface area contributed by atoms with Gasteiger partial charge in [-0.15, -0.1) is 0 Å². The number of rotatable bonds is 8. The van der Waals surface area contributed by atoms with Gasteiger partial charge in [0.15, 0.2) is 0 Å². The van der Waals surface area contributed by atoms with E-state index in [0.717, 1.165) is 0 Å². The Morgan fingerprint density at radius 3 is 2.42 bits per heavy atom. The monoisotopic (exact) mass is 431 g/mol. The standard InChI is InChI=1S/C23H30FN3O4/c1-14(2)10-15(27(22(29)30)23(3,4)5)13-31-16-6-7-18(20(24)11-16)17-8-9-26-12-19(17)21(25)28/h6-9,11-12,14-15H,10,13H2,1-5H3,(H2,25,28)(H,29,30). The van der Waals surface area contributed by atoms with Gasteiger partial charge in [-0.3, -0.25) is 14.7 Å². The van der Waals surface area contributed by atoms with E-state index in [1.165, 1.54) is 35.5 Å².